The Bertz CT molecular complexity index is 112. The number of nitrogens with two attached hydrogens (primary N) is 1. The number of amides is 1. The van der Waals surface area contributed by atoms with Crippen LogP contribution in [0.3, 0.4) is 0 Å². The standard InChI is InChI=1S/C7H16N2O/c1-5(6(2)8)4-7(10)9-3/h5-6H,4,8H2,1-3H3,(H,9,10)/t5-,6-/m1/s1. The molecule has 0 aliphatic rings. The predicted molar refractivity (Wildman–Crippen MR) is 41.5 cm³/mol. The van der Waals surface area contributed by atoms with Crippen LogP contribution in [0.5, 0.6) is 0 Å². The highest BCUT2D eigenvalue weighted by Gasteiger charge is 2.10. The lowest BCUT2D eigenvalue weighted by Crippen LogP contribution is -2.29. The molecule has 3 heteroatoms. The highest BCUT2D eigenvalue weighted by molar-refractivity contribution is 5.75. The molecule has 60 valence electrons. The Kier molecular flexibility index (Phi) is 4.03. The van der Waals surface area contributed by atoms with Crippen LogP contribution >= 0.6 is 0 Å². The molecule has 0 aliphatic heterocycles. The van der Waals surface area contributed by atoms with Crippen LogP contribution in [0.1, 0.15) is 20.3 Å². The third-order valence-corrected chi connectivity index (χ3v) is 1.68. The van der Waals surface area contributed by atoms with Crippen molar-refractivity contribution in [2.24, 2.45) is 11.7 Å². The van der Waals surface area contributed by atoms with Gasteiger partial charge in [-0.1, -0.05) is 6.92 Å². The van der Waals surface area contributed by atoms with E-state index in [0.717, 1.165) is 0 Å². The summed E-state index contributed by atoms with van der Waals surface area (Å²) in [7, 11) is 1.64. The fraction of sp³-hybridized carbons (Fsp3) is 0.857. The van der Waals surface area contributed by atoms with Crippen molar-refractivity contribution < 1.29 is 4.79 Å². The van der Waals surface area contributed by atoms with E-state index in [1.165, 1.54) is 0 Å². The van der Waals surface area contributed by atoms with E-state index in [9.17, 15) is 4.79 Å². The summed E-state index contributed by atoms with van der Waals surface area (Å²) in [6.07, 6.45) is 0.522. The van der Waals surface area contributed by atoms with Crippen LogP contribution in [0.4, 0.5) is 0 Å². The molecule has 0 spiro atoms. The normalized spacial score (nSPS) is 16.0. The molecule has 0 aliphatic carbocycles. The van der Waals surface area contributed by atoms with Crippen LogP contribution in [0, 0.1) is 5.92 Å². The number of carbonyl (C=O) groups is 1. The summed E-state index contributed by atoms with van der Waals surface area (Å²) in [5.74, 6) is 0.324. The Morgan fingerprint density at radius 2 is 2.10 bits per heavy atom. The van der Waals surface area contributed by atoms with E-state index in [1.807, 2.05) is 13.8 Å². The Hall–Kier alpha value is -0.570. The van der Waals surface area contributed by atoms with Crippen molar-refractivity contribution in [3.8, 4) is 0 Å². The molecule has 0 bridgehead atoms. The van der Waals surface area contributed by atoms with E-state index in [2.05, 4.69) is 5.32 Å². The summed E-state index contributed by atoms with van der Waals surface area (Å²) in [5, 5.41) is 2.56. The van der Waals surface area contributed by atoms with E-state index >= 15 is 0 Å². The molecule has 0 saturated carbocycles. The van der Waals surface area contributed by atoms with Gasteiger partial charge in [-0.05, 0) is 12.8 Å². The minimum Gasteiger partial charge on any atom is -0.359 e. The van der Waals surface area contributed by atoms with E-state index in [-0.39, 0.29) is 17.9 Å². The molecule has 0 heterocycles. The highest BCUT2D eigenvalue weighted by Crippen LogP contribution is 2.04. The van der Waals surface area contributed by atoms with Gasteiger partial charge in [-0.25, -0.2) is 0 Å². The minimum absolute atomic E-state index is 0.0600. The number of hydrogen-bond donors (Lipinski definition) is 2. The molecular formula is C7H16N2O. The van der Waals surface area contributed by atoms with E-state index in [4.69, 9.17) is 5.73 Å². The van der Waals surface area contributed by atoms with Gasteiger partial charge in [0.15, 0.2) is 0 Å². The zero-order valence-electron chi connectivity index (χ0n) is 6.85. The van der Waals surface area contributed by atoms with Crippen LogP contribution in [0.25, 0.3) is 0 Å². The van der Waals surface area contributed by atoms with Crippen molar-refractivity contribution in [1.82, 2.24) is 5.32 Å². The second-order valence-electron chi connectivity index (χ2n) is 2.71. The van der Waals surface area contributed by atoms with Gasteiger partial charge in [0.2, 0.25) is 5.91 Å². The lowest BCUT2D eigenvalue weighted by Gasteiger charge is -2.13. The van der Waals surface area contributed by atoms with Gasteiger partial charge in [-0.15, -0.1) is 0 Å². The first-order chi connectivity index (χ1) is 4.57. The third kappa shape index (κ3) is 3.45. The number of nitrogens with one attached hydrogen (secondary N) is 1. The van der Waals surface area contributed by atoms with Crippen LogP contribution in [0.15, 0.2) is 0 Å². The predicted octanol–water partition coefficient (Wildman–Crippen LogP) is 0.106. The number of carbonyl (C=O) groups excluding carboxylic acids is 1. The first-order valence-electron chi connectivity index (χ1n) is 3.54. The third-order valence-electron chi connectivity index (χ3n) is 1.68. The largest absolute Gasteiger partial charge is 0.359 e. The Morgan fingerprint density at radius 3 is 2.40 bits per heavy atom. The van der Waals surface area contributed by atoms with Crippen LogP contribution in [-0.4, -0.2) is 19.0 Å². The summed E-state index contributed by atoms with van der Waals surface area (Å²) < 4.78 is 0. The molecule has 3 nitrogen and oxygen atoms in total. The molecule has 2 atom stereocenters. The molecule has 0 aromatic rings. The second-order valence-corrected chi connectivity index (χ2v) is 2.71. The van der Waals surface area contributed by atoms with Crippen molar-refractivity contribution >= 4 is 5.91 Å². The van der Waals surface area contributed by atoms with Crippen molar-refractivity contribution in [3.63, 3.8) is 0 Å². The van der Waals surface area contributed by atoms with Gasteiger partial charge in [0.05, 0.1) is 0 Å². The number of rotatable bonds is 3. The Labute approximate surface area is 62.0 Å². The van der Waals surface area contributed by atoms with Gasteiger partial charge in [-0.2, -0.15) is 0 Å². The van der Waals surface area contributed by atoms with Crippen LogP contribution < -0.4 is 11.1 Å². The molecule has 0 radical (unpaired) electrons. The molecule has 0 aromatic carbocycles. The molecule has 0 aromatic heterocycles. The smallest absolute Gasteiger partial charge is 0.220 e. The molecular weight excluding hydrogens is 128 g/mol. The van der Waals surface area contributed by atoms with Gasteiger partial charge < -0.3 is 11.1 Å². The lowest BCUT2D eigenvalue weighted by atomic mass is 10.0. The fourth-order valence-electron chi connectivity index (χ4n) is 0.580. The summed E-state index contributed by atoms with van der Waals surface area (Å²) in [6.45, 7) is 3.88. The van der Waals surface area contributed by atoms with Crippen LogP contribution in [0.2, 0.25) is 0 Å². The molecule has 0 saturated heterocycles. The topological polar surface area (TPSA) is 55.1 Å². The second kappa shape index (κ2) is 4.28. The molecule has 0 fully saturated rings. The van der Waals surface area contributed by atoms with E-state index < -0.39 is 0 Å². The van der Waals surface area contributed by atoms with Crippen molar-refractivity contribution in [2.45, 2.75) is 26.3 Å². The first-order valence-corrected chi connectivity index (χ1v) is 3.54. The number of hydrogen-bond acceptors (Lipinski definition) is 2. The van der Waals surface area contributed by atoms with Gasteiger partial charge >= 0.3 is 0 Å². The maximum absolute atomic E-state index is 10.8. The van der Waals surface area contributed by atoms with Crippen molar-refractivity contribution in [1.29, 1.82) is 0 Å². The minimum atomic E-state index is 0.0600. The van der Waals surface area contributed by atoms with Gasteiger partial charge in [0, 0.05) is 19.5 Å². The quantitative estimate of drug-likeness (QED) is 0.590. The highest BCUT2D eigenvalue weighted by atomic mass is 16.1. The maximum atomic E-state index is 10.8. The monoisotopic (exact) mass is 144 g/mol. The molecule has 1 amide bonds. The summed E-state index contributed by atoms with van der Waals surface area (Å²) >= 11 is 0. The van der Waals surface area contributed by atoms with E-state index in [0.29, 0.717) is 6.42 Å². The van der Waals surface area contributed by atoms with Gasteiger partial charge in [0.25, 0.3) is 0 Å². The molecule has 0 rings (SSSR count). The first kappa shape index (κ1) is 9.43. The average molecular weight is 144 g/mol. The Balaban J connectivity index is 3.57. The SMILES string of the molecule is CNC(=O)C[C@@H](C)[C@@H](C)N. The summed E-state index contributed by atoms with van der Waals surface area (Å²) in [6, 6.07) is 0.0947. The lowest BCUT2D eigenvalue weighted by molar-refractivity contribution is -0.121. The molecule has 10 heavy (non-hydrogen) atoms. The maximum Gasteiger partial charge on any atom is 0.220 e. The van der Waals surface area contributed by atoms with Crippen molar-refractivity contribution in [3.05, 3.63) is 0 Å². The average Bonchev–Trinajstić information content (AvgIpc) is 1.87. The zero-order valence-corrected chi connectivity index (χ0v) is 6.85. The zero-order chi connectivity index (χ0) is 8.15. The summed E-state index contributed by atoms with van der Waals surface area (Å²) in [4.78, 5) is 10.8. The van der Waals surface area contributed by atoms with Gasteiger partial charge in [-0.3, -0.25) is 4.79 Å². The summed E-state index contributed by atoms with van der Waals surface area (Å²) in [5.41, 5.74) is 5.56. The molecule has 3 N–H and O–H groups in total. The van der Waals surface area contributed by atoms with E-state index in [1.54, 1.807) is 7.05 Å². The molecule has 0 unspecified atom stereocenters. The fourth-order valence-corrected chi connectivity index (χ4v) is 0.580. The Morgan fingerprint density at radius 1 is 1.60 bits per heavy atom. The van der Waals surface area contributed by atoms with Crippen molar-refractivity contribution in [2.75, 3.05) is 7.05 Å². The van der Waals surface area contributed by atoms with Crippen LogP contribution in [-0.2, 0) is 4.79 Å². The van der Waals surface area contributed by atoms with Gasteiger partial charge in [0.1, 0.15) is 0 Å².